The highest BCUT2D eigenvalue weighted by molar-refractivity contribution is 5.94. The summed E-state index contributed by atoms with van der Waals surface area (Å²) in [6.07, 6.45) is 7.74. The number of nitrogens with one attached hydrogen (secondary N) is 1. The van der Waals surface area contributed by atoms with Gasteiger partial charge in [-0.25, -0.2) is 4.98 Å². The van der Waals surface area contributed by atoms with Crippen LogP contribution in [0.5, 0.6) is 0 Å². The van der Waals surface area contributed by atoms with E-state index >= 15 is 0 Å². The van der Waals surface area contributed by atoms with Crippen molar-refractivity contribution in [3.05, 3.63) is 107 Å². The van der Waals surface area contributed by atoms with E-state index in [1.165, 1.54) is 5.56 Å². The lowest BCUT2D eigenvalue weighted by Crippen LogP contribution is -2.38. The van der Waals surface area contributed by atoms with Gasteiger partial charge in [-0.05, 0) is 71.8 Å². The first-order chi connectivity index (χ1) is 17.6. The van der Waals surface area contributed by atoms with Crippen molar-refractivity contribution in [1.29, 1.82) is 5.26 Å². The second-order valence-electron chi connectivity index (χ2n) is 9.17. The van der Waals surface area contributed by atoms with Gasteiger partial charge in [0.2, 0.25) is 5.91 Å². The molecule has 1 aliphatic rings. The third-order valence-corrected chi connectivity index (χ3v) is 6.85. The van der Waals surface area contributed by atoms with Crippen LogP contribution in [0.25, 0.3) is 5.65 Å². The highest BCUT2D eigenvalue weighted by atomic mass is 16.2. The third-order valence-electron chi connectivity index (χ3n) is 6.85. The zero-order valence-corrected chi connectivity index (χ0v) is 19.9. The molecule has 7 heteroatoms. The number of amides is 2. The van der Waals surface area contributed by atoms with Gasteiger partial charge in [-0.2, -0.15) is 5.26 Å². The lowest BCUT2D eigenvalue weighted by molar-refractivity contribution is -0.131. The number of imidazole rings is 1. The molecule has 1 saturated heterocycles. The number of carbonyl (C=O) groups is 2. The molecule has 0 unspecified atom stereocenters. The van der Waals surface area contributed by atoms with E-state index in [0.29, 0.717) is 30.0 Å². The maximum absolute atomic E-state index is 12.7. The predicted molar refractivity (Wildman–Crippen MR) is 136 cm³/mol. The topological polar surface area (TPSA) is 90.5 Å². The Morgan fingerprint density at radius 1 is 0.972 bits per heavy atom. The fourth-order valence-electron chi connectivity index (χ4n) is 4.70. The molecule has 0 atom stereocenters. The second kappa shape index (κ2) is 10.4. The molecule has 3 heterocycles. The van der Waals surface area contributed by atoms with Crippen LogP contribution in [0.3, 0.4) is 0 Å². The molecule has 2 amide bonds. The first-order valence-corrected chi connectivity index (χ1v) is 12.2. The molecule has 0 spiro atoms. The summed E-state index contributed by atoms with van der Waals surface area (Å²) in [5.41, 5.74) is 5.22. The number of benzene rings is 2. The van der Waals surface area contributed by atoms with E-state index in [2.05, 4.69) is 16.4 Å². The Morgan fingerprint density at radius 3 is 2.44 bits per heavy atom. The van der Waals surface area contributed by atoms with Gasteiger partial charge in [-0.3, -0.25) is 9.59 Å². The third kappa shape index (κ3) is 5.28. The largest absolute Gasteiger partial charge is 0.348 e. The van der Waals surface area contributed by atoms with Gasteiger partial charge in [0, 0.05) is 43.8 Å². The summed E-state index contributed by atoms with van der Waals surface area (Å²) in [5, 5.41) is 11.9. The average Bonchev–Trinajstić information content (AvgIpc) is 3.40. The number of carbonyl (C=O) groups excluding carboxylic acids is 2. The Hall–Kier alpha value is -4.44. The molecule has 1 N–H and O–H groups in total. The van der Waals surface area contributed by atoms with E-state index in [1.54, 1.807) is 18.3 Å². The first-order valence-electron chi connectivity index (χ1n) is 12.2. The molecular formula is C29H27N5O2. The monoisotopic (exact) mass is 477 g/mol. The van der Waals surface area contributed by atoms with Gasteiger partial charge in [-0.1, -0.05) is 24.3 Å². The van der Waals surface area contributed by atoms with Crippen molar-refractivity contribution in [2.75, 3.05) is 13.1 Å². The molecule has 1 fully saturated rings. The van der Waals surface area contributed by atoms with Gasteiger partial charge in [0.05, 0.1) is 18.1 Å². The van der Waals surface area contributed by atoms with Gasteiger partial charge in [0.15, 0.2) is 0 Å². The molecule has 1 aliphatic heterocycles. The number of nitriles is 1. The maximum atomic E-state index is 12.7. The quantitative estimate of drug-likeness (QED) is 0.453. The number of nitrogens with zero attached hydrogens (tertiary/aromatic N) is 4. The zero-order chi connectivity index (χ0) is 24.9. The Balaban J connectivity index is 1.11. The van der Waals surface area contributed by atoms with Crippen molar-refractivity contribution in [2.24, 2.45) is 0 Å². The molecule has 2 aromatic heterocycles. The standard InChI is InChI=1S/C29H27N5O2/c30-19-22-3-1-21(2-4-22)18-28(35)34-14-10-25(11-15-34)24-5-7-26(8-6-24)29(36)32-20-23-9-13-33-16-12-31-27(33)17-23/h1-9,12-13,16-17,25H,10-11,14-15,18,20H2,(H,32,36). The fraction of sp³-hybridized carbons (Fsp3) is 0.241. The van der Waals surface area contributed by atoms with Crippen LogP contribution in [0.1, 0.15) is 51.4 Å². The Morgan fingerprint density at radius 2 is 1.72 bits per heavy atom. The van der Waals surface area contributed by atoms with E-state index in [1.807, 2.05) is 70.2 Å². The van der Waals surface area contributed by atoms with E-state index in [0.717, 1.165) is 42.7 Å². The van der Waals surface area contributed by atoms with Gasteiger partial charge in [0.1, 0.15) is 5.65 Å². The Labute approximate surface area is 210 Å². The first kappa shape index (κ1) is 23.3. The van der Waals surface area contributed by atoms with Gasteiger partial charge >= 0.3 is 0 Å². The van der Waals surface area contributed by atoms with Gasteiger partial charge in [0.25, 0.3) is 5.91 Å². The zero-order valence-electron chi connectivity index (χ0n) is 19.9. The molecule has 0 bridgehead atoms. The average molecular weight is 478 g/mol. The van der Waals surface area contributed by atoms with Crippen LogP contribution in [-0.4, -0.2) is 39.2 Å². The number of pyridine rings is 1. The molecule has 7 nitrogen and oxygen atoms in total. The van der Waals surface area contributed by atoms with Crippen LogP contribution in [0.2, 0.25) is 0 Å². The highest BCUT2D eigenvalue weighted by Crippen LogP contribution is 2.28. The van der Waals surface area contributed by atoms with Crippen molar-refractivity contribution in [2.45, 2.75) is 31.7 Å². The van der Waals surface area contributed by atoms with Crippen LogP contribution >= 0.6 is 0 Å². The number of hydrogen-bond acceptors (Lipinski definition) is 4. The molecule has 5 rings (SSSR count). The van der Waals surface area contributed by atoms with Crippen molar-refractivity contribution >= 4 is 17.5 Å². The Bertz CT molecular complexity index is 1410. The van der Waals surface area contributed by atoms with Crippen molar-refractivity contribution in [3.8, 4) is 6.07 Å². The molecule has 180 valence electrons. The summed E-state index contributed by atoms with van der Waals surface area (Å²) in [7, 11) is 0. The SMILES string of the molecule is N#Cc1ccc(CC(=O)N2CCC(c3ccc(C(=O)NCc4ccn5ccnc5c4)cc3)CC2)cc1. The number of aromatic nitrogens is 2. The van der Waals surface area contributed by atoms with Gasteiger partial charge < -0.3 is 14.6 Å². The fourth-order valence-corrected chi connectivity index (χ4v) is 4.70. The lowest BCUT2D eigenvalue weighted by Gasteiger charge is -2.32. The van der Waals surface area contributed by atoms with Crippen molar-refractivity contribution in [3.63, 3.8) is 0 Å². The normalized spacial score (nSPS) is 13.9. The second-order valence-corrected chi connectivity index (χ2v) is 9.17. The van der Waals surface area contributed by atoms with E-state index in [4.69, 9.17) is 5.26 Å². The lowest BCUT2D eigenvalue weighted by atomic mass is 9.88. The van der Waals surface area contributed by atoms with Crippen LogP contribution in [0.4, 0.5) is 0 Å². The molecule has 0 radical (unpaired) electrons. The number of hydrogen-bond donors (Lipinski definition) is 1. The van der Waals surface area contributed by atoms with E-state index < -0.39 is 0 Å². The summed E-state index contributed by atoms with van der Waals surface area (Å²) in [6, 6.07) is 21.0. The molecule has 2 aromatic carbocycles. The smallest absolute Gasteiger partial charge is 0.251 e. The molecule has 0 aliphatic carbocycles. The highest BCUT2D eigenvalue weighted by Gasteiger charge is 2.24. The van der Waals surface area contributed by atoms with Crippen LogP contribution in [0, 0.1) is 11.3 Å². The summed E-state index contributed by atoms with van der Waals surface area (Å²) in [4.78, 5) is 31.5. The minimum atomic E-state index is -0.104. The van der Waals surface area contributed by atoms with Gasteiger partial charge in [-0.15, -0.1) is 0 Å². The number of piperidine rings is 1. The van der Waals surface area contributed by atoms with E-state index in [-0.39, 0.29) is 11.8 Å². The van der Waals surface area contributed by atoms with Crippen LogP contribution in [-0.2, 0) is 17.8 Å². The number of likely N-dealkylation sites (tertiary alicyclic amines) is 1. The molecule has 4 aromatic rings. The minimum absolute atomic E-state index is 0.104. The molecule has 0 saturated carbocycles. The van der Waals surface area contributed by atoms with Crippen LogP contribution in [0.15, 0.2) is 79.3 Å². The summed E-state index contributed by atoms with van der Waals surface area (Å²) in [6.45, 7) is 1.89. The van der Waals surface area contributed by atoms with Crippen molar-refractivity contribution in [1.82, 2.24) is 19.6 Å². The number of rotatable bonds is 6. The predicted octanol–water partition coefficient (Wildman–Crippen LogP) is 4.08. The Kier molecular flexibility index (Phi) is 6.76. The molecular weight excluding hydrogens is 450 g/mol. The minimum Gasteiger partial charge on any atom is -0.348 e. The number of fused-ring (bicyclic) bond motifs is 1. The molecule has 36 heavy (non-hydrogen) atoms. The summed E-state index contributed by atoms with van der Waals surface area (Å²) >= 11 is 0. The summed E-state index contributed by atoms with van der Waals surface area (Å²) in [5.74, 6) is 0.396. The maximum Gasteiger partial charge on any atom is 0.251 e. The summed E-state index contributed by atoms with van der Waals surface area (Å²) < 4.78 is 1.93. The van der Waals surface area contributed by atoms with Crippen molar-refractivity contribution < 1.29 is 9.59 Å². The van der Waals surface area contributed by atoms with E-state index in [9.17, 15) is 9.59 Å². The van der Waals surface area contributed by atoms with Crippen LogP contribution < -0.4 is 5.32 Å².